The van der Waals surface area contributed by atoms with E-state index in [9.17, 15) is 0 Å². The highest BCUT2D eigenvalue weighted by Crippen LogP contribution is 2.32. The summed E-state index contributed by atoms with van der Waals surface area (Å²) >= 11 is 1.62. The third kappa shape index (κ3) is 3.30. The summed E-state index contributed by atoms with van der Waals surface area (Å²) in [6, 6.07) is 8.16. The molecule has 0 bridgehead atoms. The van der Waals surface area contributed by atoms with Gasteiger partial charge in [-0.25, -0.2) is 9.97 Å². The summed E-state index contributed by atoms with van der Waals surface area (Å²) in [6.45, 7) is 2.51. The van der Waals surface area contributed by atoms with Crippen molar-refractivity contribution < 1.29 is 4.84 Å². The van der Waals surface area contributed by atoms with E-state index in [-0.39, 0.29) is 0 Å². The Morgan fingerprint density at radius 1 is 1.20 bits per heavy atom. The molecule has 0 saturated carbocycles. The zero-order chi connectivity index (χ0) is 17.1. The molecule has 0 saturated heterocycles. The molecule has 0 spiro atoms. The summed E-state index contributed by atoms with van der Waals surface area (Å²) in [6.07, 6.45) is 8.51. The quantitative estimate of drug-likeness (QED) is 0.657. The molecule has 0 N–H and O–H groups in total. The lowest BCUT2D eigenvalue weighted by Gasteiger charge is -2.17. The van der Waals surface area contributed by atoms with Crippen LogP contribution in [-0.2, 0) is 11.3 Å². The van der Waals surface area contributed by atoms with Crippen molar-refractivity contribution in [3.63, 3.8) is 0 Å². The van der Waals surface area contributed by atoms with Gasteiger partial charge < -0.3 is 4.84 Å². The van der Waals surface area contributed by atoms with E-state index in [1.165, 1.54) is 5.56 Å². The lowest BCUT2D eigenvalue weighted by molar-refractivity contribution is 0.158. The van der Waals surface area contributed by atoms with E-state index in [0.29, 0.717) is 6.61 Å². The molecule has 0 aliphatic heterocycles. The molecule has 6 heteroatoms. The van der Waals surface area contributed by atoms with Crippen molar-refractivity contribution in [3.8, 4) is 21.1 Å². The van der Waals surface area contributed by atoms with Crippen molar-refractivity contribution in [2.24, 2.45) is 5.16 Å². The van der Waals surface area contributed by atoms with Gasteiger partial charge in [0, 0.05) is 24.2 Å². The van der Waals surface area contributed by atoms with Gasteiger partial charge in [0.05, 0.1) is 16.3 Å². The average Bonchev–Trinajstić information content (AvgIpc) is 3.17. The Balaban J connectivity index is 1.69. The van der Waals surface area contributed by atoms with Gasteiger partial charge in [0.1, 0.15) is 17.3 Å². The lowest BCUT2D eigenvalue weighted by atomic mass is 9.94. The van der Waals surface area contributed by atoms with E-state index < -0.39 is 0 Å². The molecule has 5 nitrogen and oxygen atoms in total. The molecule has 1 aliphatic carbocycles. The monoisotopic (exact) mass is 350 g/mol. The Kier molecular flexibility index (Phi) is 4.52. The van der Waals surface area contributed by atoms with Gasteiger partial charge in [-0.05, 0) is 49.9 Å². The Labute approximate surface area is 150 Å². The van der Waals surface area contributed by atoms with Crippen molar-refractivity contribution in [2.45, 2.75) is 26.2 Å². The second-order valence-corrected chi connectivity index (χ2v) is 6.82. The van der Waals surface area contributed by atoms with Gasteiger partial charge in [0.25, 0.3) is 0 Å². The van der Waals surface area contributed by atoms with Gasteiger partial charge in [0.15, 0.2) is 0 Å². The van der Waals surface area contributed by atoms with Crippen molar-refractivity contribution >= 4 is 17.0 Å². The molecule has 3 heterocycles. The summed E-state index contributed by atoms with van der Waals surface area (Å²) < 4.78 is 0. The van der Waals surface area contributed by atoms with Crippen LogP contribution >= 0.6 is 11.3 Å². The first-order chi connectivity index (χ1) is 12.3. The first-order valence-corrected chi connectivity index (χ1v) is 9.22. The van der Waals surface area contributed by atoms with E-state index in [0.717, 1.165) is 51.8 Å². The minimum absolute atomic E-state index is 0.571. The highest BCUT2D eigenvalue weighted by Gasteiger charge is 2.19. The maximum absolute atomic E-state index is 5.27. The average molecular weight is 350 g/mol. The van der Waals surface area contributed by atoms with Crippen LogP contribution in [0.2, 0.25) is 0 Å². The predicted octanol–water partition coefficient (Wildman–Crippen LogP) is 4.34. The molecule has 3 aromatic heterocycles. The summed E-state index contributed by atoms with van der Waals surface area (Å²) in [4.78, 5) is 19.9. The zero-order valence-electron chi connectivity index (χ0n) is 14.0. The molecule has 4 rings (SSSR count). The molecule has 25 heavy (non-hydrogen) atoms. The van der Waals surface area contributed by atoms with Crippen molar-refractivity contribution in [1.29, 1.82) is 0 Å². The Morgan fingerprint density at radius 2 is 2.16 bits per heavy atom. The van der Waals surface area contributed by atoms with Crippen LogP contribution in [0.5, 0.6) is 0 Å². The van der Waals surface area contributed by atoms with E-state index in [1.807, 2.05) is 31.5 Å². The number of nitrogens with zero attached hydrogens (tertiary/aromatic N) is 4. The maximum atomic E-state index is 5.27. The molecule has 126 valence electrons. The van der Waals surface area contributed by atoms with E-state index in [2.05, 4.69) is 27.3 Å². The minimum Gasteiger partial charge on any atom is -0.396 e. The first-order valence-electron chi connectivity index (χ1n) is 8.41. The molecule has 0 aromatic carbocycles. The number of rotatable bonds is 4. The second-order valence-electron chi connectivity index (χ2n) is 5.78. The molecule has 0 amide bonds. The fourth-order valence-electron chi connectivity index (χ4n) is 2.89. The molecular formula is C19H18N4OS. The van der Waals surface area contributed by atoms with E-state index in [4.69, 9.17) is 9.82 Å². The fraction of sp³-hybridized carbons (Fsp3) is 0.263. The van der Waals surface area contributed by atoms with Crippen LogP contribution in [0.3, 0.4) is 0 Å². The van der Waals surface area contributed by atoms with Crippen molar-refractivity contribution in [3.05, 3.63) is 54.1 Å². The Morgan fingerprint density at radius 3 is 3.00 bits per heavy atom. The van der Waals surface area contributed by atoms with Crippen LogP contribution < -0.4 is 0 Å². The summed E-state index contributed by atoms with van der Waals surface area (Å²) in [7, 11) is 0. The number of fused-ring (bicyclic) bond motifs is 1. The summed E-state index contributed by atoms with van der Waals surface area (Å²) in [5.41, 5.74) is 5.11. The number of thiazole rings is 1. The molecule has 1 aliphatic rings. The molecule has 0 unspecified atom stereocenters. The largest absolute Gasteiger partial charge is 0.396 e. The SMILES string of the molecule is CCO/N=C1\CCCc2ccc(-c3cnc(-c4cccnc4)s3)nc21. The predicted molar refractivity (Wildman–Crippen MR) is 99.7 cm³/mol. The molecule has 0 atom stereocenters. The van der Waals surface area contributed by atoms with Crippen LogP contribution in [0.15, 0.2) is 48.0 Å². The van der Waals surface area contributed by atoms with Gasteiger partial charge >= 0.3 is 0 Å². The molecule has 0 fully saturated rings. The normalized spacial score (nSPS) is 15.2. The number of hydrogen-bond acceptors (Lipinski definition) is 6. The number of hydrogen-bond donors (Lipinski definition) is 0. The third-order valence-corrected chi connectivity index (χ3v) is 5.15. The number of aryl methyl sites for hydroxylation is 1. The molecule has 3 aromatic rings. The van der Waals surface area contributed by atoms with Crippen LogP contribution in [0.25, 0.3) is 21.1 Å². The first kappa shape index (κ1) is 15.9. The molecular weight excluding hydrogens is 332 g/mol. The third-order valence-electron chi connectivity index (χ3n) is 4.08. The Hall–Kier alpha value is -2.60. The van der Waals surface area contributed by atoms with Gasteiger partial charge in [-0.15, -0.1) is 11.3 Å². The highest BCUT2D eigenvalue weighted by molar-refractivity contribution is 7.18. The molecule has 0 radical (unpaired) electrons. The zero-order valence-corrected chi connectivity index (χ0v) is 14.8. The van der Waals surface area contributed by atoms with Gasteiger partial charge in [-0.1, -0.05) is 11.2 Å². The van der Waals surface area contributed by atoms with Gasteiger partial charge in [-0.3, -0.25) is 4.98 Å². The minimum atomic E-state index is 0.571. The fourth-order valence-corrected chi connectivity index (χ4v) is 3.76. The number of aromatic nitrogens is 3. The van der Waals surface area contributed by atoms with Crippen LogP contribution in [-0.4, -0.2) is 27.3 Å². The van der Waals surface area contributed by atoms with E-state index >= 15 is 0 Å². The number of oxime groups is 1. The van der Waals surface area contributed by atoms with Gasteiger partial charge in [-0.2, -0.15) is 0 Å². The van der Waals surface area contributed by atoms with Crippen LogP contribution in [0.4, 0.5) is 0 Å². The van der Waals surface area contributed by atoms with Crippen LogP contribution in [0, 0.1) is 0 Å². The Bertz CT molecular complexity index is 905. The van der Waals surface area contributed by atoms with E-state index in [1.54, 1.807) is 17.5 Å². The second kappa shape index (κ2) is 7.11. The van der Waals surface area contributed by atoms with Crippen molar-refractivity contribution in [2.75, 3.05) is 6.61 Å². The standard InChI is InChI=1S/C19H18N4OS/c1-2-24-23-16-7-3-5-13-8-9-15(22-18(13)16)17-12-21-19(25-17)14-6-4-10-20-11-14/h4,6,8-12H,2-3,5,7H2,1H3/b23-16+. The summed E-state index contributed by atoms with van der Waals surface area (Å²) in [5, 5.41) is 5.21. The highest BCUT2D eigenvalue weighted by atomic mass is 32.1. The summed E-state index contributed by atoms with van der Waals surface area (Å²) in [5.74, 6) is 0. The van der Waals surface area contributed by atoms with Crippen molar-refractivity contribution in [1.82, 2.24) is 15.0 Å². The smallest absolute Gasteiger partial charge is 0.125 e. The number of pyridine rings is 2. The van der Waals surface area contributed by atoms with Gasteiger partial charge in [0.2, 0.25) is 0 Å². The lowest BCUT2D eigenvalue weighted by Crippen LogP contribution is -2.15. The topological polar surface area (TPSA) is 60.3 Å². The maximum Gasteiger partial charge on any atom is 0.125 e. The van der Waals surface area contributed by atoms with Crippen LogP contribution in [0.1, 0.15) is 31.0 Å².